The van der Waals surface area contributed by atoms with Gasteiger partial charge in [0.1, 0.15) is 5.76 Å². The molecule has 0 atom stereocenters. The summed E-state index contributed by atoms with van der Waals surface area (Å²) in [5, 5.41) is 8.06. The van der Waals surface area contributed by atoms with Crippen LogP contribution in [0.2, 0.25) is 0 Å². The summed E-state index contributed by atoms with van der Waals surface area (Å²) in [6.45, 7) is 9.89. The summed E-state index contributed by atoms with van der Waals surface area (Å²) in [5.41, 5.74) is -1.73. The van der Waals surface area contributed by atoms with Gasteiger partial charge in [-0.15, -0.1) is 45.3 Å². The maximum Gasteiger partial charge on any atom is 0.352 e. The van der Waals surface area contributed by atoms with Gasteiger partial charge in [0.15, 0.2) is 5.60 Å². The second kappa shape index (κ2) is 10.4. The highest BCUT2D eigenvalue weighted by Crippen LogP contribution is 2.55. The summed E-state index contributed by atoms with van der Waals surface area (Å²) in [6.07, 6.45) is 1.80. The summed E-state index contributed by atoms with van der Waals surface area (Å²) >= 11 is 6.42. The fraction of sp³-hybridized carbons (Fsp3) is 0.387. The molecule has 7 rings (SSSR count). The first-order chi connectivity index (χ1) is 19.5. The summed E-state index contributed by atoms with van der Waals surface area (Å²) in [4.78, 5) is 16.4. The van der Waals surface area contributed by atoms with Crippen LogP contribution in [0.1, 0.15) is 46.2 Å². The Bertz CT molecular complexity index is 1410. The molecule has 3 aliphatic rings. The number of thiophene rings is 4. The van der Waals surface area contributed by atoms with Gasteiger partial charge >= 0.3 is 5.97 Å². The molecule has 10 heteroatoms. The zero-order chi connectivity index (χ0) is 28.9. The number of nitrogens with zero attached hydrogens (tertiary/aromatic N) is 1. The molecule has 3 fully saturated rings. The van der Waals surface area contributed by atoms with Crippen LogP contribution in [0.4, 0.5) is 0 Å². The summed E-state index contributed by atoms with van der Waals surface area (Å²) in [6, 6.07) is 16.0. The highest BCUT2D eigenvalue weighted by atomic mass is 32.1. The molecule has 0 amide bonds. The molecule has 0 saturated carbocycles. The van der Waals surface area contributed by atoms with E-state index in [0.29, 0.717) is 0 Å². The maximum atomic E-state index is 12.4. The highest BCUT2D eigenvalue weighted by Gasteiger charge is 2.60. The minimum Gasteiger partial charge on any atom is -0.463 e. The Morgan fingerprint density at radius 1 is 0.707 bits per heavy atom. The lowest BCUT2D eigenvalue weighted by atomic mass is 9.97. The van der Waals surface area contributed by atoms with Crippen molar-refractivity contribution in [3.8, 4) is 0 Å². The molecular formula is C31H34NO5S4+. The molecule has 4 aromatic heterocycles. The average Bonchev–Trinajstić information content (AvgIpc) is 3.74. The van der Waals surface area contributed by atoms with Gasteiger partial charge < -0.3 is 23.4 Å². The van der Waals surface area contributed by atoms with Crippen LogP contribution in [0.5, 0.6) is 0 Å². The van der Waals surface area contributed by atoms with Crippen LogP contribution in [0.15, 0.2) is 82.4 Å². The number of carbonyl (C=O) groups is 1. The van der Waals surface area contributed by atoms with Crippen LogP contribution in [-0.2, 0) is 34.9 Å². The number of rotatable bonds is 4. The van der Waals surface area contributed by atoms with E-state index in [4.69, 9.17) is 18.9 Å². The van der Waals surface area contributed by atoms with Crippen molar-refractivity contribution in [2.75, 3.05) is 27.2 Å². The predicted octanol–water partition coefficient (Wildman–Crippen LogP) is 7.54. The Labute approximate surface area is 257 Å². The van der Waals surface area contributed by atoms with Crippen molar-refractivity contribution in [2.24, 2.45) is 0 Å². The Morgan fingerprint density at radius 3 is 1.51 bits per heavy atom. The molecule has 0 unspecified atom stereocenters. The number of esters is 1. The number of quaternary nitrogens is 1. The third-order valence-corrected chi connectivity index (χ3v) is 11.6. The molecule has 41 heavy (non-hydrogen) atoms. The normalized spacial score (nSPS) is 23.0. The number of hydrogen-bond donors (Lipinski definition) is 0. The number of carbonyl (C=O) groups excluding carboxylic acids is 1. The molecule has 6 nitrogen and oxygen atoms in total. The number of hydrogen-bond acceptors (Lipinski definition) is 9. The first-order valence-corrected chi connectivity index (χ1v) is 17.0. The van der Waals surface area contributed by atoms with Crippen molar-refractivity contribution >= 4 is 51.3 Å². The van der Waals surface area contributed by atoms with E-state index in [1.165, 1.54) is 22.7 Å². The first-order valence-electron chi connectivity index (χ1n) is 13.5. The van der Waals surface area contributed by atoms with Crippen molar-refractivity contribution in [2.45, 2.75) is 49.5 Å². The molecule has 0 bridgehead atoms. The van der Waals surface area contributed by atoms with Gasteiger partial charge in [0.05, 0.1) is 49.8 Å². The molecule has 3 saturated heterocycles. The molecule has 4 aromatic rings. The van der Waals surface area contributed by atoms with Crippen LogP contribution < -0.4 is 0 Å². The van der Waals surface area contributed by atoms with E-state index in [0.717, 1.165) is 55.7 Å². The fourth-order valence-corrected chi connectivity index (χ4v) is 9.24. The first kappa shape index (κ1) is 28.8. The van der Waals surface area contributed by atoms with E-state index in [9.17, 15) is 4.79 Å². The molecule has 216 valence electrons. The summed E-state index contributed by atoms with van der Waals surface area (Å²) in [7, 11) is 4.53. The molecule has 1 spiro atoms. The van der Waals surface area contributed by atoms with Crippen LogP contribution in [0.25, 0.3) is 0 Å². The number of piperidine rings is 1. The van der Waals surface area contributed by atoms with E-state index in [1.807, 2.05) is 35.0 Å². The Balaban J connectivity index is 0.000000152. The van der Waals surface area contributed by atoms with Crippen molar-refractivity contribution in [1.29, 1.82) is 0 Å². The van der Waals surface area contributed by atoms with Gasteiger partial charge in [-0.3, -0.25) is 0 Å². The molecule has 0 aromatic carbocycles. The SMILES string of the molecule is C=C1OC2(CC[N+](C)(C)CC2)OC1(c1cccs1)c1cccs1.CC1(C)OC(=O)C(c2cccs2)(c2cccs2)O1. The van der Waals surface area contributed by atoms with Crippen molar-refractivity contribution in [1.82, 2.24) is 0 Å². The maximum absolute atomic E-state index is 12.4. The Kier molecular flexibility index (Phi) is 7.34. The van der Waals surface area contributed by atoms with Crippen LogP contribution in [-0.4, -0.2) is 49.2 Å². The lowest BCUT2D eigenvalue weighted by molar-refractivity contribution is -0.898. The summed E-state index contributed by atoms with van der Waals surface area (Å²) in [5.74, 6) is -1.03. The van der Waals surface area contributed by atoms with E-state index in [2.05, 4.69) is 55.7 Å². The van der Waals surface area contributed by atoms with Crippen LogP contribution >= 0.6 is 45.3 Å². The monoisotopic (exact) mass is 628 g/mol. The van der Waals surface area contributed by atoms with Crippen LogP contribution in [0.3, 0.4) is 0 Å². The second-order valence-electron chi connectivity index (χ2n) is 11.6. The fourth-order valence-electron chi connectivity index (χ4n) is 5.60. The molecule has 3 aliphatic heterocycles. The third-order valence-electron chi connectivity index (χ3n) is 7.73. The zero-order valence-corrected chi connectivity index (χ0v) is 26.9. The molecule has 0 N–H and O–H groups in total. The molecule has 0 radical (unpaired) electrons. The average molecular weight is 629 g/mol. The van der Waals surface area contributed by atoms with Gasteiger partial charge in [-0.2, -0.15) is 0 Å². The molecule has 7 heterocycles. The lowest BCUT2D eigenvalue weighted by Gasteiger charge is -2.41. The van der Waals surface area contributed by atoms with E-state index in [1.54, 1.807) is 36.5 Å². The Hall–Kier alpha value is -2.31. The van der Waals surface area contributed by atoms with Gasteiger partial charge in [-0.1, -0.05) is 30.8 Å². The van der Waals surface area contributed by atoms with Gasteiger partial charge in [0.2, 0.25) is 17.2 Å². The highest BCUT2D eigenvalue weighted by molar-refractivity contribution is 7.12. The van der Waals surface area contributed by atoms with Crippen LogP contribution in [0, 0.1) is 0 Å². The largest absolute Gasteiger partial charge is 0.463 e. The minimum atomic E-state index is -1.09. The number of cyclic esters (lactones) is 1. The van der Waals surface area contributed by atoms with E-state index >= 15 is 0 Å². The number of likely N-dealkylation sites (tertiary alicyclic amines) is 1. The lowest BCUT2D eigenvalue weighted by Crippen LogP contribution is -2.53. The molecular weight excluding hydrogens is 595 g/mol. The predicted molar refractivity (Wildman–Crippen MR) is 165 cm³/mol. The van der Waals surface area contributed by atoms with E-state index in [-0.39, 0.29) is 5.97 Å². The second-order valence-corrected chi connectivity index (χ2v) is 15.4. The quantitative estimate of drug-likeness (QED) is 0.173. The smallest absolute Gasteiger partial charge is 0.352 e. The number of ether oxygens (including phenoxy) is 4. The topological polar surface area (TPSA) is 54.0 Å². The van der Waals surface area contributed by atoms with E-state index < -0.39 is 22.8 Å². The zero-order valence-electron chi connectivity index (χ0n) is 23.6. The molecule has 0 aliphatic carbocycles. The summed E-state index contributed by atoms with van der Waals surface area (Å²) < 4.78 is 25.5. The van der Waals surface area contributed by atoms with Gasteiger partial charge in [-0.25, -0.2) is 4.79 Å². The van der Waals surface area contributed by atoms with Crippen molar-refractivity contribution in [3.05, 3.63) is 102 Å². The minimum absolute atomic E-state index is 0.336. The Morgan fingerprint density at radius 2 is 1.15 bits per heavy atom. The van der Waals surface area contributed by atoms with Gasteiger partial charge in [0.25, 0.3) is 0 Å². The van der Waals surface area contributed by atoms with Crippen molar-refractivity contribution in [3.63, 3.8) is 0 Å². The van der Waals surface area contributed by atoms with Gasteiger partial charge in [0, 0.05) is 23.6 Å². The third kappa shape index (κ3) is 5.03. The van der Waals surface area contributed by atoms with Crippen molar-refractivity contribution < 1.29 is 28.2 Å². The standard InChI is InChI=1S/C18H22NO2S2.C13H12O3S2/c1-14-18(15-6-4-12-22-15,16-7-5-13-23-16)21-17(20-14)8-10-19(2,3)11-9-17;1-12(2)15-11(14)13(16-12,9-5-3-7-17-9)10-6-4-8-18-10/h4-7,12-13H,1,8-11H2,2-3H3;3-8H,1-2H3/q+1;. The van der Waals surface area contributed by atoms with Gasteiger partial charge in [-0.05, 0) is 45.8 Å².